The van der Waals surface area contributed by atoms with E-state index in [4.69, 9.17) is 10.5 Å². The molecule has 0 aliphatic heterocycles. The highest BCUT2D eigenvalue weighted by molar-refractivity contribution is 5.18. The Morgan fingerprint density at radius 3 is 3.00 bits per heavy atom. The van der Waals surface area contributed by atoms with E-state index in [2.05, 4.69) is 11.9 Å². The Bertz CT molecular complexity index is 276. The van der Waals surface area contributed by atoms with E-state index in [9.17, 15) is 0 Å². The smallest absolute Gasteiger partial charge is 0.0735 e. The highest BCUT2D eigenvalue weighted by Crippen LogP contribution is 2.06. The summed E-state index contributed by atoms with van der Waals surface area (Å²) in [5.74, 6) is 0. The highest BCUT2D eigenvalue weighted by Gasteiger charge is 2.00. The Morgan fingerprint density at radius 1 is 1.40 bits per heavy atom. The molecule has 0 radical (unpaired) electrons. The third-order valence-corrected chi connectivity index (χ3v) is 2.33. The fourth-order valence-electron chi connectivity index (χ4n) is 1.42. The Morgan fingerprint density at radius 2 is 2.27 bits per heavy atom. The van der Waals surface area contributed by atoms with E-state index in [0.717, 1.165) is 24.3 Å². The van der Waals surface area contributed by atoms with Crippen molar-refractivity contribution in [3.63, 3.8) is 0 Å². The molecule has 0 saturated heterocycles. The second kappa shape index (κ2) is 7.37. The number of nitrogens with two attached hydrogens (primary N) is 1. The number of pyridine rings is 1. The van der Waals surface area contributed by atoms with Gasteiger partial charge in [0.05, 0.1) is 12.3 Å². The minimum atomic E-state index is 0.481. The molecule has 0 spiro atoms. The molecule has 2 N–H and O–H groups in total. The summed E-state index contributed by atoms with van der Waals surface area (Å²) in [6.45, 7) is 4.12. The lowest BCUT2D eigenvalue weighted by Crippen LogP contribution is -2.06. The van der Waals surface area contributed by atoms with Crippen LogP contribution in [-0.2, 0) is 17.9 Å². The molecule has 1 aromatic heterocycles. The van der Waals surface area contributed by atoms with Crippen molar-refractivity contribution in [1.82, 2.24) is 4.98 Å². The molecule has 1 heterocycles. The first kappa shape index (κ1) is 12.1. The number of hydrogen-bond acceptors (Lipinski definition) is 3. The molecule has 1 rings (SSSR count). The van der Waals surface area contributed by atoms with Crippen molar-refractivity contribution >= 4 is 0 Å². The van der Waals surface area contributed by atoms with Gasteiger partial charge in [-0.3, -0.25) is 4.98 Å². The Balaban J connectivity index is 2.30. The van der Waals surface area contributed by atoms with Gasteiger partial charge in [-0.2, -0.15) is 0 Å². The summed E-state index contributed by atoms with van der Waals surface area (Å²) in [4.78, 5) is 4.21. The Labute approximate surface area is 91.7 Å². The normalized spacial score (nSPS) is 10.5. The van der Waals surface area contributed by atoms with Gasteiger partial charge in [-0.25, -0.2) is 0 Å². The van der Waals surface area contributed by atoms with E-state index < -0.39 is 0 Å². The van der Waals surface area contributed by atoms with Crippen LogP contribution in [0, 0.1) is 0 Å². The third kappa shape index (κ3) is 4.40. The van der Waals surface area contributed by atoms with Gasteiger partial charge in [-0.05, 0) is 12.5 Å². The second-order valence-electron chi connectivity index (χ2n) is 3.57. The zero-order valence-electron chi connectivity index (χ0n) is 9.41. The van der Waals surface area contributed by atoms with Crippen LogP contribution in [0.2, 0.25) is 0 Å². The molecule has 0 unspecified atom stereocenters. The van der Waals surface area contributed by atoms with E-state index in [1.165, 1.54) is 12.8 Å². The molecule has 0 atom stereocenters. The first-order chi connectivity index (χ1) is 7.38. The molecule has 15 heavy (non-hydrogen) atoms. The van der Waals surface area contributed by atoms with Crippen LogP contribution >= 0.6 is 0 Å². The number of ether oxygens (including phenoxy) is 1. The Hall–Kier alpha value is -0.930. The maximum absolute atomic E-state index is 5.58. The summed E-state index contributed by atoms with van der Waals surface area (Å²) in [6.07, 6.45) is 5.36. The van der Waals surface area contributed by atoms with Gasteiger partial charge < -0.3 is 10.5 Å². The van der Waals surface area contributed by atoms with Crippen molar-refractivity contribution in [2.75, 3.05) is 6.61 Å². The topological polar surface area (TPSA) is 48.1 Å². The van der Waals surface area contributed by atoms with Crippen molar-refractivity contribution in [1.29, 1.82) is 0 Å². The molecular formula is C12H20N2O. The molecule has 0 aliphatic carbocycles. The number of rotatable bonds is 7. The molecule has 0 aromatic carbocycles. The van der Waals surface area contributed by atoms with Gasteiger partial charge in [0.1, 0.15) is 0 Å². The molecule has 0 fully saturated rings. The predicted molar refractivity (Wildman–Crippen MR) is 61.3 cm³/mol. The maximum Gasteiger partial charge on any atom is 0.0735 e. The lowest BCUT2D eigenvalue weighted by molar-refractivity contribution is 0.116. The highest BCUT2D eigenvalue weighted by atomic mass is 16.5. The maximum atomic E-state index is 5.58. The Kier molecular flexibility index (Phi) is 5.97. The fourth-order valence-corrected chi connectivity index (χ4v) is 1.42. The van der Waals surface area contributed by atoms with Gasteiger partial charge in [-0.15, -0.1) is 0 Å². The van der Waals surface area contributed by atoms with Crippen LogP contribution in [0.4, 0.5) is 0 Å². The van der Waals surface area contributed by atoms with E-state index in [0.29, 0.717) is 13.2 Å². The number of hydrogen-bond donors (Lipinski definition) is 1. The van der Waals surface area contributed by atoms with Gasteiger partial charge in [0.2, 0.25) is 0 Å². The van der Waals surface area contributed by atoms with E-state index in [1.54, 1.807) is 6.20 Å². The van der Waals surface area contributed by atoms with E-state index in [-0.39, 0.29) is 0 Å². The molecule has 1 aromatic rings. The zero-order valence-corrected chi connectivity index (χ0v) is 9.41. The third-order valence-electron chi connectivity index (χ3n) is 2.33. The van der Waals surface area contributed by atoms with Crippen molar-refractivity contribution in [3.8, 4) is 0 Å². The minimum absolute atomic E-state index is 0.481. The van der Waals surface area contributed by atoms with Gasteiger partial charge in [0, 0.05) is 24.9 Å². The summed E-state index contributed by atoms with van der Waals surface area (Å²) in [7, 11) is 0. The average molecular weight is 208 g/mol. The molecule has 0 amide bonds. The number of aromatic nitrogens is 1. The quantitative estimate of drug-likeness (QED) is 0.699. The van der Waals surface area contributed by atoms with Crippen LogP contribution in [0.15, 0.2) is 18.3 Å². The van der Waals surface area contributed by atoms with Crippen LogP contribution < -0.4 is 5.73 Å². The fraction of sp³-hybridized carbons (Fsp3) is 0.583. The van der Waals surface area contributed by atoms with Crippen LogP contribution in [0.5, 0.6) is 0 Å². The standard InChI is InChI=1S/C12H20N2O/c1-2-3-4-8-15-10-11-6-5-7-14-12(11)9-13/h5-7H,2-4,8-10,13H2,1H3. The largest absolute Gasteiger partial charge is 0.377 e. The van der Waals surface area contributed by atoms with Crippen LogP contribution in [0.25, 0.3) is 0 Å². The first-order valence-corrected chi connectivity index (χ1v) is 5.59. The van der Waals surface area contributed by atoms with Crippen LogP contribution in [-0.4, -0.2) is 11.6 Å². The van der Waals surface area contributed by atoms with Crippen LogP contribution in [0.1, 0.15) is 37.4 Å². The van der Waals surface area contributed by atoms with E-state index >= 15 is 0 Å². The summed E-state index contributed by atoms with van der Waals surface area (Å²) >= 11 is 0. The predicted octanol–water partition coefficient (Wildman–Crippen LogP) is 2.25. The van der Waals surface area contributed by atoms with Crippen molar-refractivity contribution < 1.29 is 4.74 Å². The van der Waals surface area contributed by atoms with Crippen molar-refractivity contribution in [2.45, 2.75) is 39.3 Å². The molecule has 0 saturated carbocycles. The summed E-state index contributed by atoms with van der Waals surface area (Å²) in [5.41, 5.74) is 7.63. The van der Waals surface area contributed by atoms with Crippen molar-refractivity contribution in [3.05, 3.63) is 29.6 Å². The molecule has 3 heteroatoms. The summed E-state index contributed by atoms with van der Waals surface area (Å²) in [6, 6.07) is 3.94. The van der Waals surface area contributed by atoms with Gasteiger partial charge in [-0.1, -0.05) is 25.8 Å². The molecule has 3 nitrogen and oxygen atoms in total. The van der Waals surface area contributed by atoms with Gasteiger partial charge in [0.15, 0.2) is 0 Å². The molecule has 84 valence electrons. The first-order valence-electron chi connectivity index (χ1n) is 5.59. The number of nitrogens with zero attached hydrogens (tertiary/aromatic N) is 1. The second-order valence-corrected chi connectivity index (χ2v) is 3.57. The van der Waals surface area contributed by atoms with Gasteiger partial charge in [0.25, 0.3) is 0 Å². The number of unbranched alkanes of at least 4 members (excludes halogenated alkanes) is 2. The van der Waals surface area contributed by atoms with Crippen LogP contribution in [0.3, 0.4) is 0 Å². The monoisotopic (exact) mass is 208 g/mol. The lowest BCUT2D eigenvalue weighted by atomic mass is 10.2. The van der Waals surface area contributed by atoms with Gasteiger partial charge >= 0.3 is 0 Å². The molecular weight excluding hydrogens is 188 g/mol. The summed E-state index contributed by atoms with van der Waals surface area (Å²) < 4.78 is 5.57. The minimum Gasteiger partial charge on any atom is -0.377 e. The molecule has 0 aliphatic rings. The zero-order chi connectivity index (χ0) is 10.9. The van der Waals surface area contributed by atoms with Crippen molar-refractivity contribution in [2.24, 2.45) is 5.73 Å². The lowest BCUT2D eigenvalue weighted by Gasteiger charge is -2.07. The molecule has 0 bridgehead atoms. The summed E-state index contributed by atoms with van der Waals surface area (Å²) in [5, 5.41) is 0. The SMILES string of the molecule is CCCCCOCc1cccnc1CN. The average Bonchev–Trinajstić information content (AvgIpc) is 2.29. The van der Waals surface area contributed by atoms with E-state index in [1.807, 2.05) is 12.1 Å².